The molecule has 5 nitrogen and oxygen atoms in total. The number of allylic oxidation sites excluding steroid dienone is 5. The van der Waals surface area contributed by atoms with E-state index in [1.165, 1.54) is 24.0 Å². The normalized spacial score (nSPS) is 16.6. The third kappa shape index (κ3) is 6.29. The van der Waals surface area contributed by atoms with E-state index in [1.807, 2.05) is 0 Å². The number of rotatable bonds is 8. The Kier molecular flexibility index (Phi) is 8.61. The van der Waals surface area contributed by atoms with Gasteiger partial charge in [-0.15, -0.1) is 0 Å². The van der Waals surface area contributed by atoms with E-state index >= 15 is 0 Å². The average Bonchev–Trinajstić information content (AvgIpc) is 2.74. The summed E-state index contributed by atoms with van der Waals surface area (Å²) in [4.78, 5) is 12.0. The molecule has 1 saturated heterocycles. The first kappa shape index (κ1) is 24.8. The van der Waals surface area contributed by atoms with Crippen molar-refractivity contribution in [3.05, 3.63) is 41.6 Å². The maximum atomic E-state index is 13.9. The number of piperidine rings is 1. The van der Waals surface area contributed by atoms with Crippen molar-refractivity contribution in [2.45, 2.75) is 52.3 Å². The molecule has 0 aliphatic carbocycles. The molecule has 1 aromatic rings. The van der Waals surface area contributed by atoms with E-state index < -0.39 is 24.7 Å². The molecule has 1 aliphatic heterocycles. The van der Waals surface area contributed by atoms with E-state index in [-0.39, 0.29) is 23.0 Å². The molecule has 31 heavy (non-hydrogen) atoms. The molecule has 0 saturated carbocycles. The van der Waals surface area contributed by atoms with E-state index in [2.05, 4.69) is 16.5 Å². The van der Waals surface area contributed by atoms with Gasteiger partial charge in [0.05, 0.1) is 17.4 Å². The number of aromatic nitrogens is 2. The van der Waals surface area contributed by atoms with Crippen LogP contribution >= 0.6 is 0 Å². The second-order valence-electron chi connectivity index (χ2n) is 7.38. The zero-order chi connectivity index (χ0) is 23.2. The van der Waals surface area contributed by atoms with Gasteiger partial charge < -0.3 is 14.9 Å². The predicted molar refractivity (Wildman–Crippen MR) is 116 cm³/mol. The van der Waals surface area contributed by atoms with E-state index in [0.29, 0.717) is 44.5 Å². The van der Waals surface area contributed by atoms with Crippen LogP contribution < -0.4 is 9.80 Å². The first-order valence-corrected chi connectivity index (χ1v) is 10.4. The van der Waals surface area contributed by atoms with Crippen molar-refractivity contribution in [1.29, 1.82) is 0 Å². The summed E-state index contributed by atoms with van der Waals surface area (Å²) < 4.78 is 55.3. The zero-order valence-electron chi connectivity index (χ0n) is 18.2. The van der Waals surface area contributed by atoms with Gasteiger partial charge in [-0.2, -0.15) is 18.2 Å². The van der Waals surface area contributed by atoms with Crippen LogP contribution in [-0.2, 0) is 0 Å². The summed E-state index contributed by atoms with van der Waals surface area (Å²) in [5, 5.41) is 9.77. The topological polar surface area (TPSA) is 52.5 Å². The molecule has 0 unspecified atom stereocenters. The van der Waals surface area contributed by atoms with Crippen LogP contribution in [0.25, 0.3) is 5.57 Å². The van der Waals surface area contributed by atoms with Gasteiger partial charge in [0.15, 0.2) is 6.80 Å². The van der Waals surface area contributed by atoms with E-state index in [1.54, 1.807) is 18.7 Å². The minimum absolute atomic E-state index is 0.0630. The highest BCUT2D eigenvalue weighted by Gasteiger charge is 2.37. The molecule has 2 heterocycles. The minimum atomic E-state index is -4.62. The Hall–Kier alpha value is -2.42. The van der Waals surface area contributed by atoms with Gasteiger partial charge in [0.2, 0.25) is 5.95 Å². The standard InChI is InChI=1S/C22H30F4N4O/c1-5-15(4)12-18(22(24,25)26)17(6-2)19-13-20(29(7-3)14-23)28-21(27-19)30-10-8-16(31)9-11-30/h6,12-13,16,31H,4-5,7-11,14H2,1-3H3/b17-6+,18-12+. The second-order valence-corrected chi connectivity index (χ2v) is 7.38. The highest BCUT2D eigenvalue weighted by atomic mass is 19.4. The van der Waals surface area contributed by atoms with E-state index in [0.717, 1.165) is 6.08 Å². The first-order chi connectivity index (χ1) is 14.6. The molecular formula is C22H30F4N4O. The second kappa shape index (κ2) is 10.7. The lowest BCUT2D eigenvalue weighted by Crippen LogP contribution is -2.37. The summed E-state index contributed by atoms with van der Waals surface area (Å²) in [6, 6.07) is 1.38. The van der Waals surface area contributed by atoms with Crippen molar-refractivity contribution >= 4 is 17.3 Å². The lowest BCUT2D eigenvalue weighted by molar-refractivity contribution is -0.0871. The highest BCUT2D eigenvalue weighted by Crippen LogP contribution is 2.38. The molecule has 0 atom stereocenters. The third-order valence-corrected chi connectivity index (χ3v) is 5.26. The number of anilines is 2. The number of hydrogen-bond acceptors (Lipinski definition) is 5. The van der Waals surface area contributed by atoms with Gasteiger partial charge in [-0.05, 0) is 39.2 Å². The van der Waals surface area contributed by atoms with Crippen LogP contribution in [-0.4, -0.2) is 53.8 Å². The summed E-state index contributed by atoms with van der Waals surface area (Å²) in [5.74, 6) is 0.438. The SMILES string of the molecule is C=C(/C=C(\C(=C/C)c1cc(N(CC)CF)nc(N2CCC(O)CC2)n1)C(F)(F)F)CC. The minimum Gasteiger partial charge on any atom is -0.393 e. The van der Waals surface area contributed by atoms with Crippen molar-refractivity contribution < 1.29 is 22.7 Å². The molecule has 0 spiro atoms. The van der Waals surface area contributed by atoms with Gasteiger partial charge in [0, 0.05) is 31.3 Å². The third-order valence-electron chi connectivity index (χ3n) is 5.26. The number of nitrogens with zero attached hydrogens (tertiary/aromatic N) is 4. The number of aliphatic hydroxyl groups excluding tert-OH is 1. The van der Waals surface area contributed by atoms with Gasteiger partial charge in [0.25, 0.3) is 0 Å². The fourth-order valence-corrected chi connectivity index (χ4v) is 3.30. The molecule has 1 aromatic heterocycles. The van der Waals surface area contributed by atoms with Crippen molar-refractivity contribution in [2.75, 3.05) is 36.2 Å². The highest BCUT2D eigenvalue weighted by molar-refractivity contribution is 5.80. The van der Waals surface area contributed by atoms with Crippen LogP contribution in [0.15, 0.2) is 35.9 Å². The largest absolute Gasteiger partial charge is 0.417 e. The van der Waals surface area contributed by atoms with Crippen molar-refractivity contribution in [3.8, 4) is 0 Å². The molecule has 2 rings (SSSR count). The molecule has 1 fully saturated rings. The molecule has 1 N–H and O–H groups in total. The average molecular weight is 443 g/mol. The summed E-state index contributed by atoms with van der Waals surface area (Å²) in [6.07, 6.45) is -1.29. The van der Waals surface area contributed by atoms with Gasteiger partial charge in [-0.1, -0.05) is 25.2 Å². The molecule has 0 aromatic carbocycles. The molecular weight excluding hydrogens is 412 g/mol. The van der Waals surface area contributed by atoms with Crippen LogP contribution in [0.3, 0.4) is 0 Å². The fourth-order valence-electron chi connectivity index (χ4n) is 3.30. The Balaban J connectivity index is 2.63. The van der Waals surface area contributed by atoms with Crippen LogP contribution in [0, 0.1) is 0 Å². The lowest BCUT2D eigenvalue weighted by Gasteiger charge is -2.31. The summed E-state index contributed by atoms with van der Waals surface area (Å²) in [7, 11) is 0. The Morgan fingerprint density at radius 3 is 2.42 bits per heavy atom. The molecule has 0 radical (unpaired) electrons. The van der Waals surface area contributed by atoms with Crippen LogP contribution in [0.5, 0.6) is 0 Å². The Morgan fingerprint density at radius 2 is 1.94 bits per heavy atom. The van der Waals surface area contributed by atoms with Crippen LogP contribution in [0.1, 0.15) is 45.7 Å². The summed E-state index contributed by atoms with van der Waals surface area (Å²) >= 11 is 0. The molecule has 172 valence electrons. The van der Waals surface area contributed by atoms with Gasteiger partial charge in [-0.3, -0.25) is 0 Å². The fraction of sp³-hybridized carbons (Fsp3) is 0.545. The number of hydrogen-bond donors (Lipinski definition) is 1. The maximum absolute atomic E-state index is 13.9. The quantitative estimate of drug-likeness (QED) is 0.347. The predicted octanol–water partition coefficient (Wildman–Crippen LogP) is 5.05. The number of aliphatic hydroxyl groups is 1. The van der Waals surface area contributed by atoms with E-state index in [9.17, 15) is 22.7 Å². The summed E-state index contributed by atoms with van der Waals surface area (Å²) in [6.45, 7) is 9.05. The van der Waals surface area contributed by atoms with Crippen molar-refractivity contribution in [2.24, 2.45) is 0 Å². The maximum Gasteiger partial charge on any atom is 0.417 e. The van der Waals surface area contributed by atoms with Gasteiger partial charge in [0.1, 0.15) is 5.82 Å². The van der Waals surface area contributed by atoms with Crippen molar-refractivity contribution in [3.63, 3.8) is 0 Å². The Morgan fingerprint density at radius 1 is 1.29 bits per heavy atom. The van der Waals surface area contributed by atoms with E-state index in [4.69, 9.17) is 0 Å². The lowest BCUT2D eigenvalue weighted by atomic mass is 9.98. The van der Waals surface area contributed by atoms with Crippen molar-refractivity contribution in [1.82, 2.24) is 9.97 Å². The molecule has 0 amide bonds. The first-order valence-electron chi connectivity index (χ1n) is 10.4. The molecule has 1 aliphatic rings. The van der Waals surface area contributed by atoms with Crippen LogP contribution in [0.4, 0.5) is 29.3 Å². The Bertz CT molecular complexity index is 823. The number of alkyl halides is 4. The molecule has 9 heteroatoms. The van der Waals surface area contributed by atoms with Crippen LogP contribution in [0.2, 0.25) is 0 Å². The monoisotopic (exact) mass is 442 g/mol. The summed E-state index contributed by atoms with van der Waals surface area (Å²) in [5.41, 5.74) is -0.563. The van der Waals surface area contributed by atoms with Gasteiger partial charge >= 0.3 is 6.18 Å². The smallest absolute Gasteiger partial charge is 0.393 e. The van der Waals surface area contributed by atoms with Gasteiger partial charge in [-0.25, -0.2) is 9.37 Å². The Labute approximate surface area is 180 Å². The zero-order valence-corrected chi connectivity index (χ0v) is 18.2. The number of halogens is 4. The molecule has 0 bridgehead atoms.